The maximum atomic E-state index is 13.6. The zero-order valence-corrected chi connectivity index (χ0v) is 15.1. The van der Waals surface area contributed by atoms with Crippen LogP contribution in [0.25, 0.3) is 0 Å². The smallest absolute Gasteiger partial charge is 0.227 e. The van der Waals surface area contributed by atoms with E-state index in [9.17, 15) is 9.18 Å². The molecule has 1 saturated heterocycles. The molecule has 0 atom stereocenters. The molecule has 1 aliphatic heterocycles. The molecule has 0 unspecified atom stereocenters. The molecule has 1 heterocycles. The highest BCUT2D eigenvalue weighted by Crippen LogP contribution is 2.21. The predicted molar refractivity (Wildman–Crippen MR) is 106 cm³/mol. The van der Waals surface area contributed by atoms with Crippen molar-refractivity contribution in [3.05, 3.63) is 59.9 Å². The highest BCUT2D eigenvalue weighted by atomic mass is 32.1. The number of carbonyl (C=O) groups excluding carboxylic acids is 1. The summed E-state index contributed by atoms with van der Waals surface area (Å²) in [6, 6.07) is 13.9. The van der Waals surface area contributed by atoms with E-state index in [-0.39, 0.29) is 22.5 Å². The molecule has 1 fully saturated rings. The van der Waals surface area contributed by atoms with Gasteiger partial charge >= 0.3 is 0 Å². The predicted octanol–water partition coefficient (Wildman–Crippen LogP) is 3.66. The van der Waals surface area contributed by atoms with Gasteiger partial charge in [-0.05, 0) is 55.4 Å². The molecule has 1 amide bonds. The maximum Gasteiger partial charge on any atom is 0.227 e. The van der Waals surface area contributed by atoms with Crippen LogP contribution in [0.15, 0.2) is 53.6 Å². The third-order valence-electron chi connectivity index (χ3n) is 4.12. The molecule has 3 rings (SSSR count). The van der Waals surface area contributed by atoms with E-state index in [1.54, 1.807) is 23.1 Å². The van der Waals surface area contributed by atoms with Crippen LogP contribution in [0.3, 0.4) is 0 Å². The molecule has 0 bridgehead atoms. The first-order valence-electron chi connectivity index (χ1n) is 8.31. The highest BCUT2D eigenvalue weighted by molar-refractivity contribution is 7.80. The zero-order valence-electron chi connectivity index (χ0n) is 14.3. The minimum atomic E-state index is -0.385. The van der Waals surface area contributed by atoms with E-state index in [1.807, 2.05) is 31.2 Å². The van der Waals surface area contributed by atoms with Gasteiger partial charge in [0.05, 0.1) is 11.4 Å². The van der Waals surface area contributed by atoms with Gasteiger partial charge in [-0.3, -0.25) is 10.2 Å². The summed E-state index contributed by atoms with van der Waals surface area (Å²) in [5, 5.41) is 7.19. The van der Waals surface area contributed by atoms with Gasteiger partial charge in [-0.25, -0.2) is 4.39 Å². The summed E-state index contributed by atoms with van der Waals surface area (Å²) in [6.45, 7) is 2.61. The molecule has 2 aromatic rings. The number of rotatable bonds is 4. The third-order valence-corrected chi connectivity index (χ3v) is 4.31. The second-order valence-electron chi connectivity index (χ2n) is 5.94. The highest BCUT2D eigenvalue weighted by Gasteiger charge is 2.21. The standard InChI is InChI=1S/C19H19FN4OS/c1-13(22-23-19(26)21-17-6-3-2-5-16(17)20)14-8-10-15(11-9-14)24-12-4-7-18(24)25/h2-3,5-6,8-11H,4,7,12H2,1H3,(H2,21,23,26)/b22-13-. The van der Waals surface area contributed by atoms with Crippen LogP contribution in [0.4, 0.5) is 15.8 Å². The molecule has 134 valence electrons. The summed E-state index contributed by atoms with van der Waals surface area (Å²) >= 11 is 5.13. The van der Waals surface area contributed by atoms with Crippen LogP contribution in [0.5, 0.6) is 0 Å². The van der Waals surface area contributed by atoms with Crippen LogP contribution >= 0.6 is 12.2 Å². The van der Waals surface area contributed by atoms with E-state index in [2.05, 4.69) is 15.8 Å². The Morgan fingerprint density at radius 2 is 1.92 bits per heavy atom. The van der Waals surface area contributed by atoms with E-state index in [1.165, 1.54) is 6.07 Å². The van der Waals surface area contributed by atoms with Crippen LogP contribution in [0.2, 0.25) is 0 Å². The monoisotopic (exact) mass is 370 g/mol. The van der Waals surface area contributed by atoms with Gasteiger partial charge in [-0.15, -0.1) is 0 Å². The number of halogens is 1. The molecule has 0 spiro atoms. The van der Waals surface area contributed by atoms with Gasteiger partial charge in [0.15, 0.2) is 5.11 Å². The Bertz CT molecular complexity index is 851. The van der Waals surface area contributed by atoms with E-state index < -0.39 is 0 Å². The van der Waals surface area contributed by atoms with Gasteiger partial charge in [-0.1, -0.05) is 24.3 Å². The summed E-state index contributed by atoms with van der Waals surface area (Å²) in [6.07, 6.45) is 1.51. The number of amides is 1. The van der Waals surface area contributed by atoms with Crippen LogP contribution in [0, 0.1) is 5.82 Å². The molecule has 7 heteroatoms. The minimum Gasteiger partial charge on any atom is -0.329 e. The number of hydrazone groups is 1. The van der Waals surface area contributed by atoms with Gasteiger partial charge in [0.25, 0.3) is 0 Å². The molecule has 0 radical (unpaired) electrons. The SMILES string of the molecule is C/C(=N/NC(=S)Nc1ccccc1F)c1ccc(N2CCCC2=O)cc1. The quantitative estimate of drug-likeness (QED) is 0.490. The number of thiocarbonyl (C=S) groups is 1. The van der Waals surface area contributed by atoms with Crippen LogP contribution < -0.4 is 15.6 Å². The largest absolute Gasteiger partial charge is 0.329 e. The number of carbonyl (C=O) groups is 1. The Hall–Kier alpha value is -2.80. The second kappa shape index (κ2) is 8.05. The fraction of sp³-hybridized carbons (Fsp3) is 0.211. The molecular weight excluding hydrogens is 351 g/mol. The van der Waals surface area contributed by atoms with Crippen molar-refractivity contribution < 1.29 is 9.18 Å². The van der Waals surface area contributed by atoms with E-state index in [0.29, 0.717) is 6.42 Å². The maximum absolute atomic E-state index is 13.6. The Morgan fingerprint density at radius 1 is 1.19 bits per heavy atom. The average Bonchev–Trinajstić information content (AvgIpc) is 3.08. The number of para-hydroxylation sites is 1. The molecule has 1 aliphatic rings. The third kappa shape index (κ3) is 4.23. The van der Waals surface area contributed by atoms with Gasteiger partial charge in [0.2, 0.25) is 5.91 Å². The number of hydrogen-bond acceptors (Lipinski definition) is 3. The lowest BCUT2D eigenvalue weighted by molar-refractivity contribution is -0.117. The summed E-state index contributed by atoms with van der Waals surface area (Å²) in [5.41, 5.74) is 5.53. The molecule has 5 nitrogen and oxygen atoms in total. The van der Waals surface area contributed by atoms with Gasteiger partial charge in [0.1, 0.15) is 5.82 Å². The van der Waals surface area contributed by atoms with Crippen molar-refractivity contribution in [2.45, 2.75) is 19.8 Å². The summed E-state index contributed by atoms with van der Waals surface area (Å²) in [7, 11) is 0. The lowest BCUT2D eigenvalue weighted by Crippen LogP contribution is -2.25. The molecule has 26 heavy (non-hydrogen) atoms. The Kier molecular flexibility index (Phi) is 5.58. The lowest BCUT2D eigenvalue weighted by Gasteiger charge is -2.16. The Balaban J connectivity index is 1.61. The van der Waals surface area contributed by atoms with Crippen molar-refractivity contribution in [2.24, 2.45) is 5.10 Å². The van der Waals surface area contributed by atoms with E-state index >= 15 is 0 Å². The Labute approximate surface area is 156 Å². The van der Waals surface area contributed by atoms with Crippen LogP contribution in [-0.4, -0.2) is 23.3 Å². The summed E-state index contributed by atoms with van der Waals surface area (Å²) in [4.78, 5) is 13.6. The Morgan fingerprint density at radius 3 is 2.58 bits per heavy atom. The zero-order chi connectivity index (χ0) is 18.5. The minimum absolute atomic E-state index is 0.161. The molecule has 0 saturated carbocycles. The fourth-order valence-electron chi connectivity index (χ4n) is 2.72. The van der Waals surface area contributed by atoms with Gasteiger partial charge < -0.3 is 10.2 Å². The van der Waals surface area contributed by atoms with E-state index in [4.69, 9.17) is 12.2 Å². The van der Waals surface area contributed by atoms with Crippen molar-refractivity contribution in [2.75, 3.05) is 16.8 Å². The first-order valence-corrected chi connectivity index (χ1v) is 8.72. The molecule has 2 aromatic carbocycles. The second-order valence-corrected chi connectivity index (χ2v) is 6.35. The van der Waals surface area contributed by atoms with Crippen molar-refractivity contribution in [1.82, 2.24) is 5.43 Å². The molecular formula is C19H19FN4OS. The first kappa shape index (κ1) is 18.0. The van der Waals surface area contributed by atoms with Crippen molar-refractivity contribution >= 4 is 40.3 Å². The van der Waals surface area contributed by atoms with Gasteiger partial charge in [0, 0.05) is 18.7 Å². The number of hydrogen-bond donors (Lipinski definition) is 2. The van der Waals surface area contributed by atoms with E-state index in [0.717, 1.165) is 29.9 Å². The summed E-state index contributed by atoms with van der Waals surface area (Å²) < 4.78 is 13.6. The van der Waals surface area contributed by atoms with Crippen molar-refractivity contribution in [1.29, 1.82) is 0 Å². The van der Waals surface area contributed by atoms with Crippen LogP contribution in [-0.2, 0) is 4.79 Å². The van der Waals surface area contributed by atoms with Crippen molar-refractivity contribution in [3.8, 4) is 0 Å². The number of nitrogens with zero attached hydrogens (tertiary/aromatic N) is 2. The molecule has 2 N–H and O–H groups in total. The normalized spacial score (nSPS) is 14.5. The van der Waals surface area contributed by atoms with Crippen molar-refractivity contribution in [3.63, 3.8) is 0 Å². The number of nitrogens with one attached hydrogen (secondary N) is 2. The number of benzene rings is 2. The average molecular weight is 370 g/mol. The summed E-state index contributed by atoms with van der Waals surface area (Å²) in [5.74, 6) is -0.223. The fourth-order valence-corrected chi connectivity index (χ4v) is 2.87. The topological polar surface area (TPSA) is 56.7 Å². The molecule has 0 aliphatic carbocycles. The van der Waals surface area contributed by atoms with Gasteiger partial charge in [-0.2, -0.15) is 5.10 Å². The first-order chi connectivity index (χ1) is 12.5. The molecule has 0 aromatic heterocycles. The lowest BCUT2D eigenvalue weighted by atomic mass is 10.1. The number of anilines is 2. The van der Waals surface area contributed by atoms with Crippen LogP contribution in [0.1, 0.15) is 25.3 Å².